The monoisotopic (exact) mass is 529 g/mol. The second kappa shape index (κ2) is 10.1. The predicted molar refractivity (Wildman–Crippen MR) is 115 cm³/mol. The van der Waals surface area contributed by atoms with Gasteiger partial charge in [-0.15, -0.1) is 4.28 Å². The Morgan fingerprint density at radius 2 is 1.78 bits per heavy atom. The van der Waals surface area contributed by atoms with Crippen molar-refractivity contribution in [1.29, 1.82) is 0 Å². The fourth-order valence-electron chi connectivity index (χ4n) is 4.03. The van der Waals surface area contributed by atoms with Crippen molar-refractivity contribution >= 4 is 40.2 Å². The van der Waals surface area contributed by atoms with E-state index in [4.69, 9.17) is 18.9 Å². The van der Waals surface area contributed by atoms with Crippen molar-refractivity contribution in [2.45, 2.75) is 51.6 Å². The van der Waals surface area contributed by atoms with E-state index in [1.807, 2.05) is 5.48 Å². The summed E-state index contributed by atoms with van der Waals surface area (Å²) in [6, 6.07) is 1.84. The van der Waals surface area contributed by atoms with Gasteiger partial charge in [-0.05, 0) is 37.5 Å². The van der Waals surface area contributed by atoms with Crippen LogP contribution in [0, 0.1) is 0 Å². The Kier molecular flexibility index (Phi) is 7.51. The average molecular weight is 529 g/mol. The number of fused-ring (bicyclic) bond motifs is 2. The number of hydroxylamine groups is 3. The first-order valence-electron chi connectivity index (χ1n) is 10.6. The van der Waals surface area contributed by atoms with Crippen molar-refractivity contribution in [2.75, 3.05) is 6.54 Å². The molecular formula is C20H23N3O12S. The van der Waals surface area contributed by atoms with E-state index in [0.29, 0.717) is 5.06 Å². The fraction of sp³-hybridized carbons (Fsp3) is 0.450. The Morgan fingerprint density at radius 1 is 1.14 bits per heavy atom. The lowest BCUT2D eigenvalue weighted by Gasteiger charge is -2.40. The van der Waals surface area contributed by atoms with E-state index in [1.165, 1.54) is 12.1 Å². The van der Waals surface area contributed by atoms with Crippen LogP contribution in [-0.4, -0.2) is 70.9 Å². The van der Waals surface area contributed by atoms with Crippen LogP contribution in [0.1, 0.15) is 50.4 Å². The SMILES string of the molecule is CC[C@@]1(C(=O)ONC(=O)c2ccc(OC(C)=O)c(OC(C)=O)c2)CC[C@@H]2CN1C(=O)N2OS(=O)(=O)O. The summed E-state index contributed by atoms with van der Waals surface area (Å²) in [7, 11) is -4.97. The van der Waals surface area contributed by atoms with E-state index in [2.05, 4.69) is 4.28 Å². The molecule has 36 heavy (non-hydrogen) atoms. The molecule has 0 spiro atoms. The van der Waals surface area contributed by atoms with Crippen molar-refractivity contribution in [3.63, 3.8) is 0 Å². The van der Waals surface area contributed by atoms with Gasteiger partial charge in [-0.2, -0.15) is 19.0 Å². The van der Waals surface area contributed by atoms with Gasteiger partial charge >= 0.3 is 34.3 Å². The number of urea groups is 1. The number of benzene rings is 1. The average Bonchev–Trinajstić information content (AvgIpc) is 3.03. The van der Waals surface area contributed by atoms with Crippen molar-refractivity contribution in [3.05, 3.63) is 23.8 Å². The Morgan fingerprint density at radius 3 is 2.36 bits per heavy atom. The molecule has 15 nitrogen and oxygen atoms in total. The van der Waals surface area contributed by atoms with Crippen molar-refractivity contribution in [1.82, 2.24) is 15.4 Å². The third-order valence-electron chi connectivity index (χ3n) is 5.64. The summed E-state index contributed by atoms with van der Waals surface area (Å²) in [5.74, 6) is -3.68. The molecule has 0 aromatic heterocycles. The molecule has 0 saturated carbocycles. The summed E-state index contributed by atoms with van der Waals surface area (Å²) in [6.45, 7) is 3.76. The van der Waals surface area contributed by atoms with Gasteiger partial charge in [0.05, 0.1) is 6.04 Å². The van der Waals surface area contributed by atoms with Gasteiger partial charge in [-0.25, -0.2) is 9.59 Å². The van der Waals surface area contributed by atoms with Crippen LogP contribution in [0.2, 0.25) is 0 Å². The zero-order valence-electron chi connectivity index (χ0n) is 19.4. The van der Waals surface area contributed by atoms with Crippen LogP contribution in [0.25, 0.3) is 0 Å². The van der Waals surface area contributed by atoms with E-state index in [0.717, 1.165) is 24.8 Å². The van der Waals surface area contributed by atoms with E-state index < -0.39 is 51.8 Å². The zero-order valence-corrected chi connectivity index (χ0v) is 20.2. The minimum absolute atomic E-state index is 0.0631. The lowest BCUT2D eigenvalue weighted by Crippen LogP contribution is -2.58. The summed E-state index contributed by atoms with van der Waals surface area (Å²) >= 11 is 0. The Hall–Kier alpha value is -3.76. The van der Waals surface area contributed by atoms with Gasteiger partial charge in [-0.3, -0.25) is 18.9 Å². The van der Waals surface area contributed by atoms with Crippen LogP contribution in [0.4, 0.5) is 4.79 Å². The van der Waals surface area contributed by atoms with Crippen LogP contribution >= 0.6 is 0 Å². The predicted octanol–water partition coefficient (Wildman–Crippen LogP) is 0.508. The number of hydrogen-bond donors (Lipinski definition) is 2. The number of nitrogens with zero attached hydrogens (tertiary/aromatic N) is 2. The number of nitrogens with one attached hydrogen (secondary N) is 1. The van der Waals surface area contributed by atoms with Gasteiger partial charge < -0.3 is 19.2 Å². The van der Waals surface area contributed by atoms with Gasteiger partial charge in [0.2, 0.25) is 0 Å². The van der Waals surface area contributed by atoms with Crippen molar-refractivity contribution in [3.8, 4) is 11.5 Å². The highest BCUT2D eigenvalue weighted by atomic mass is 32.3. The van der Waals surface area contributed by atoms with E-state index >= 15 is 0 Å². The fourth-order valence-corrected chi connectivity index (χ4v) is 4.42. The summed E-state index contributed by atoms with van der Waals surface area (Å²) < 4.78 is 45.3. The number of carbonyl (C=O) groups excluding carboxylic acids is 5. The smallest absolute Gasteiger partial charge is 0.418 e. The molecule has 2 N–H and O–H groups in total. The maximum atomic E-state index is 13.0. The maximum absolute atomic E-state index is 13.0. The minimum Gasteiger partial charge on any atom is -0.423 e. The summed E-state index contributed by atoms with van der Waals surface area (Å²) in [4.78, 5) is 67.0. The first kappa shape index (κ1) is 26.8. The third-order valence-corrected chi connectivity index (χ3v) is 5.99. The first-order chi connectivity index (χ1) is 16.8. The molecule has 16 heteroatoms. The van der Waals surface area contributed by atoms with Crippen LogP contribution in [-0.2, 0) is 33.9 Å². The quantitative estimate of drug-likeness (QED) is 0.215. The summed E-state index contributed by atoms with van der Waals surface area (Å²) in [5, 5.41) is 0.486. The Balaban J connectivity index is 1.74. The van der Waals surface area contributed by atoms with Gasteiger partial charge in [0.15, 0.2) is 11.5 Å². The lowest BCUT2D eigenvalue weighted by atomic mass is 9.84. The van der Waals surface area contributed by atoms with Gasteiger partial charge in [0, 0.05) is 26.0 Å². The molecule has 0 radical (unpaired) electrons. The number of piperidine rings is 1. The summed E-state index contributed by atoms with van der Waals surface area (Å²) in [6.07, 6.45) is 0.277. The largest absolute Gasteiger partial charge is 0.423 e. The molecule has 2 atom stereocenters. The van der Waals surface area contributed by atoms with Gasteiger partial charge in [-0.1, -0.05) is 6.92 Å². The number of hydrogen-bond acceptors (Lipinski definition) is 11. The maximum Gasteiger partial charge on any atom is 0.418 e. The molecule has 1 aromatic carbocycles. The highest BCUT2D eigenvalue weighted by Crippen LogP contribution is 2.40. The summed E-state index contributed by atoms with van der Waals surface area (Å²) in [5.41, 5.74) is 0.305. The standard InChI is InChI=1S/C20H23N3O12S/c1-4-20(8-7-14-10-22(20)19(28)23(14)35-36(29,30)31)18(27)34-21-17(26)13-5-6-15(32-11(2)24)16(9-13)33-12(3)25/h5-6,9,14H,4,7-8,10H2,1-3H3,(H,21,26)(H,29,30,31)/t14-,20+/m1/s1. The highest BCUT2D eigenvalue weighted by Gasteiger charge is 2.58. The van der Waals surface area contributed by atoms with E-state index in [-0.39, 0.29) is 42.9 Å². The molecule has 2 fully saturated rings. The molecule has 2 bridgehead atoms. The normalized spacial score (nSPS) is 21.1. The number of rotatable bonds is 7. The molecule has 1 aromatic rings. The molecular weight excluding hydrogens is 506 g/mol. The molecule has 2 aliphatic rings. The van der Waals surface area contributed by atoms with Crippen LogP contribution in [0.5, 0.6) is 11.5 Å². The van der Waals surface area contributed by atoms with Gasteiger partial charge in [0.25, 0.3) is 5.91 Å². The van der Waals surface area contributed by atoms with Gasteiger partial charge in [0.1, 0.15) is 5.54 Å². The van der Waals surface area contributed by atoms with Crippen LogP contribution < -0.4 is 15.0 Å². The van der Waals surface area contributed by atoms with E-state index in [1.54, 1.807) is 6.92 Å². The number of carbonyl (C=O) groups is 5. The number of esters is 2. The molecule has 196 valence electrons. The van der Waals surface area contributed by atoms with Crippen molar-refractivity contribution < 1.29 is 55.5 Å². The van der Waals surface area contributed by atoms with Crippen LogP contribution in [0.3, 0.4) is 0 Å². The second-order valence-electron chi connectivity index (χ2n) is 7.97. The minimum atomic E-state index is -4.97. The van der Waals surface area contributed by atoms with Crippen molar-refractivity contribution in [2.24, 2.45) is 0 Å². The zero-order chi connectivity index (χ0) is 26.8. The number of amides is 3. The molecule has 3 rings (SSSR count). The third kappa shape index (κ3) is 5.55. The second-order valence-corrected chi connectivity index (χ2v) is 8.97. The number of ether oxygens (including phenoxy) is 2. The Bertz CT molecular complexity index is 1220. The molecule has 2 saturated heterocycles. The molecule has 2 aliphatic heterocycles. The first-order valence-corrected chi connectivity index (χ1v) is 11.9. The molecule has 0 unspecified atom stereocenters. The highest BCUT2D eigenvalue weighted by molar-refractivity contribution is 7.80. The lowest BCUT2D eigenvalue weighted by molar-refractivity contribution is -0.164. The Labute approximate surface area is 205 Å². The molecule has 0 aliphatic carbocycles. The molecule has 3 amide bonds. The van der Waals surface area contributed by atoms with Crippen LogP contribution in [0.15, 0.2) is 18.2 Å². The topological polar surface area (TPSA) is 195 Å². The molecule has 2 heterocycles. The van der Waals surface area contributed by atoms with E-state index in [9.17, 15) is 32.4 Å².